The van der Waals surface area contributed by atoms with Gasteiger partial charge in [-0.2, -0.15) is 0 Å². The monoisotopic (exact) mass is 260 g/mol. The number of aryl methyl sites for hydroxylation is 1. The van der Waals surface area contributed by atoms with E-state index in [-0.39, 0.29) is 19.1 Å². The summed E-state index contributed by atoms with van der Waals surface area (Å²) in [6.45, 7) is 2.01. The molecule has 0 bridgehead atoms. The van der Waals surface area contributed by atoms with Crippen molar-refractivity contribution in [1.82, 2.24) is 10.5 Å². The van der Waals surface area contributed by atoms with E-state index in [0.717, 1.165) is 5.56 Å². The van der Waals surface area contributed by atoms with Gasteiger partial charge in [0.25, 0.3) is 5.91 Å². The van der Waals surface area contributed by atoms with Crippen LogP contribution in [0.1, 0.15) is 23.0 Å². The van der Waals surface area contributed by atoms with Crippen LogP contribution in [0.5, 0.6) is 0 Å². The van der Waals surface area contributed by atoms with Crippen molar-refractivity contribution in [2.24, 2.45) is 0 Å². The van der Waals surface area contributed by atoms with E-state index in [0.29, 0.717) is 23.4 Å². The molecular formula is C14H16N2O3. The molecule has 100 valence electrons. The minimum Gasteiger partial charge on any atom is -0.395 e. The molecule has 1 aromatic heterocycles. The number of nitrogens with zero attached hydrogens (tertiary/aromatic N) is 1. The molecule has 2 aromatic rings. The molecule has 0 aliphatic rings. The second kappa shape index (κ2) is 6.15. The predicted octanol–water partition coefficient (Wildman–Crippen LogP) is 1.63. The summed E-state index contributed by atoms with van der Waals surface area (Å²) < 4.78 is 5.23. The fourth-order valence-corrected chi connectivity index (χ4v) is 1.85. The van der Waals surface area contributed by atoms with Crippen molar-refractivity contribution in [3.8, 4) is 11.3 Å². The third-order valence-corrected chi connectivity index (χ3v) is 2.76. The zero-order valence-electron chi connectivity index (χ0n) is 10.7. The van der Waals surface area contributed by atoms with Crippen LogP contribution in [0.15, 0.2) is 34.9 Å². The highest BCUT2D eigenvalue weighted by Gasteiger charge is 2.22. The molecule has 1 amide bonds. The van der Waals surface area contributed by atoms with Crippen LogP contribution in [-0.4, -0.2) is 29.3 Å². The van der Waals surface area contributed by atoms with E-state index in [1.165, 1.54) is 0 Å². The number of hydrogen-bond acceptors (Lipinski definition) is 4. The molecule has 0 saturated heterocycles. The lowest BCUT2D eigenvalue weighted by atomic mass is 10.0. The number of amides is 1. The molecule has 2 N–H and O–H groups in total. The van der Waals surface area contributed by atoms with E-state index in [2.05, 4.69) is 10.5 Å². The van der Waals surface area contributed by atoms with E-state index >= 15 is 0 Å². The summed E-state index contributed by atoms with van der Waals surface area (Å²) in [6, 6.07) is 9.41. The largest absolute Gasteiger partial charge is 0.395 e. The van der Waals surface area contributed by atoms with E-state index < -0.39 is 0 Å². The van der Waals surface area contributed by atoms with Crippen LogP contribution in [0, 0.1) is 0 Å². The number of carbonyl (C=O) groups excluding carboxylic acids is 1. The van der Waals surface area contributed by atoms with Gasteiger partial charge in [-0.1, -0.05) is 42.4 Å². The van der Waals surface area contributed by atoms with Crippen LogP contribution in [-0.2, 0) is 6.42 Å². The van der Waals surface area contributed by atoms with Crippen molar-refractivity contribution in [1.29, 1.82) is 0 Å². The molecule has 5 nitrogen and oxygen atoms in total. The number of nitrogens with one attached hydrogen (secondary N) is 1. The van der Waals surface area contributed by atoms with Crippen molar-refractivity contribution >= 4 is 5.91 Å². The van der Waals surface area contributed by atoms with E-state index in [9.17, 15) is 4.79 Å². The average Bonchev–Trinajstić information content (AvgIpc) is 2.89. The van der Waals surface area contributed by atoms with Gasteiger partial charge in [-0.25, -0.2) is 0 Å². The SMILES string of the molecule is CCc1onc(-c2ccccc2)c1C(=O)NCCO. The Morgan fingerprint density at radius 2 is 2.11 bits per heavy atom. The maximum Gasteiger partial charge on any atom is 0.257 e. The zero-order valence-corrected chi connectivity index (χ0v) is 10.7. The Balaban J connectivity index is 2.40. The van der Waals surface area contributed by atoms with Gasteiger partial charge in [-0.15, -0.1) is 0 Å². The number of aliphatic hydroxyl groups excluding tert-OH is 1. The van der Waals surface area contributed by atoms with Gasteiger partial charge in [0.1, 0.15) is 17.0 Å². The van der Waals surface area contributed by atoms with Crippen LogP contribution in [0.3, 0.4) is 0 Å². The Hall–Kier alpha value is -2.14. The molecule has 0 aliphatic heterocycles. The van der Waals surface area contributed by atoms with Crippen LogP contribution in [0.2, 0.25) is 0 Å². The van der Waals surface area contributed by atoms with Gasteiger partial charge < -0.3 is 14.9 Å². The molecule has 0 saturated carbocycles. The van der Waals surface area contributed by atoms with Crippen molar-refractivity contribution in [3.63, 3.8) is 0 Å². The number of aliphatic hydroxyl groups is 1. The molecule has 1 aromatic carbocycles. The molecule has 2 rings (SSSR count). The molecule has 19 heavy (non-hydrogen) atoms. The standard InChI is InChI=1S/C14H16N2O3/c1-2-11-12(14(18)15-8-9-17)13(16-19-11)10-6-4-3-5-7-10/h3-7,17H,2,8-9H2,1H3,(H,15,18). The maximum absolute atomic E-state index is 12.1. The molecule has 0 unspecified atom stereocenters. The smallest absolute Gasteiger partial charge is 0.257 e. The van der Waals surface area contributed by atoms with Crippen molar-refractivity contribution < 1.29 is 14.4 Å². The van der Waals surface area contributed by atoms with Gasteiger partial charge in [0.05, 0.1) is 6.61 Å². The molecule has 0 atom stereocenters. The topological polar surface area (TPSA) is 75.4 Å². The molecule has 0 aliphatic carbocycles. The minimum absolute atomic E-state index is 0.0981. The Morgan fingerprint density at radius 3 is 2.74 bits per heavy atom. The van der Waals surface area contributed by atoms with Crippen LogP contribution in [0.4, 0.5) is 0 Å². The summed E-state index contributed by atoms with van der Waals surface area (Å²) in [4.78, 5) is 12.1. The summed E-state index contributed by atoms with van der Waals surface area (Å²) in [5.74, 6) is 0.278. The highest BCUT2D eigenvalue weighted by Crippen LogP contribution is 2.25. The third kappa shape index (κ3) is 2.82. The van der Waals surface area contributed by atoms with Crippen molar-refractivity contribution in [2.45, 2.75) is 13.3 Å². The highest BCUT2D eigenvalue weighted by molar-refractivity contribution is 6.00. The van der Waals surface area contributed by atoms with E-state index in [1.807, 2.05) is 37.3 Å². The highest BCUT2D eigenvalue weighted by atomic mass is 16.5. The molecule has 0 spiro atoms. The Morgan fingerprint density at radius 1 is 1.37 bits per heavy atom. The quantitative estimate of drug-likeness (QED) is 0.856. The second-order valence-electron chi connectivity index (χ2n) is 4.03. The maximum atomic E-state index is 12.1. The predicted molar refractivity (Wildman–Crippen MR) is 70.7 cm³/mol. The normalized spacial score (nSPS) is 10.4. The molecular weight excluding hydrogens is 244 g/mol. The van der Waals surface area contributed by atoms with Crippen molar-refractivity contribution in [3.05, 3.63) is 41.7 Å². The average molecular weight is 260 g/mol. The first-order chi connectivity index (χ1) is 9.27. The van der Waals surface area contributed by atoms with Gasteiger partial charge in [0.2, 0.25) is 0 Å². The van der Waals surface area contributed by atoms with Gasteiger partial charge in [0.15, 0.2) is 0 Å². The van der Waals surface area contributed by atoms with Gasteiger partial charge in [-0.05, 0) is 0 Å². The van der Waals surface area contributed by atoms with E-state index in [4.69, 9.17) is 9.63 Å². The molecule has 5 heteroatoms. The third-order valence-electron chi connectivity index (χ3n) is 2.76. The summed E-state index contributed by atoms with van der Waals surface area (Å²) in [7, 11) is 0. The van der Waals surface area contributed by atoms with Crippen LogP contribution >= 0.6 is 0 Å². The van der Waals surface area contributed by atoms with Gasteiger partial charge >= 0.3 is 0 Å². The van der Waals surface area contributed by atoms with Gasteiger partial charge in [0, 0.05) is 18.5 Å². The number of aromatic nitrogens is 1. The molecule has 1 heterocycles. The lowest BCUT2D eigenvalue weighted by molar-refractivity contribution is 0.0943. The summed E-state index contributed by atoms with van der Waals surface area (Å²) in [6.07, 6.45) is 0.585. The summed E-state index contributed by atoms with van der Waals surface area (Å²) in [5, 5.41) is 15.4. The number of carbonyl (C=O) groups is 1. The number of rotatable bonds is 5. The number of hydrogen-bond donors (Lipinski definition) is 2. The number of benzene rings is 1. The lowest BCUT2D eigenvalue weighted by Gasteiger charge is -2.04. The van der Waals surface area contributed by atoms with Crippen molar-refractivity contribution in [2.75, 3.05) is 13.2 Å². The Kier molecular flexibility index (Phi) is 4.30. The first-order valence-corrected chi connectivity index (χ1v) is 6.21. The molecule has 0 fully saturated rings. The van der Waals surface area contributed by atoms with Crippen LogP contribution in [0.25, 0.3) is 11.3 Å². The Labute approximate surface area is 111 Å². The lowest BCUT2D eigenvalue weighted by Crippen LogP contribution is -2.27. The Bertz CT molecular complexity index is 549. The molecule has 0 radical (unpaired) electrons. The van der Waals surface area contributed by atoms with E-state index in [1.54, 1.807) is 0 Å². The van der Waals surface area contributed by atoms with Crippen LogP contribution < -0.4 is 5.32 Å². The van der Waals surface area contributed by atoms with Gasteiger partial charge in [-0.3, -0.25) is 4.79 Å². The zero-order chi connectivity index (χ0) is 13.7. The summed E-state index contributed by atoms with van der Waals surface area (Å²) in [5.41, 5.74) is 1.81. The second-order valence-corrected chi connectivity index (χ2v) is 4.03. The summed E-state index contributed by atoms with van der Waals surface area (Å²) >= 11 is 0. The first-order valence-electron chi connectivity index (χ1n) is 6.21. The minimum atomic E-state index is -0.272. The fraction of sp³-hybridized carbons (Fsp3) is 0.286. The fourth-order valence-electron chi connectivity index (χ4n) is 1.85. The first kappa shape index (κ1) is 13.3.